The molecule has 0 bridgehead atoms. The van der Waals surface area contributed by atoms with E-state index in [0.29, 0.717) is 11.3 Å². The zero-order valence-corrected chi connectivity index (χ0v) is 16.3. The molecule has 0 aliphatic rings. The number of carbonyl (C=O) groups is 3. The summed E-state index contributed by atoms with van der Waals surface area (Å²) in [7, 11) is 0. The van der Waals surface area contributed by atoms with Gasteiger partial charge in [0.25, 0.3) is 0 Å². The average Bonchev–Trinajstić information content (AvgIpc) is 2.89. The summed E-state index contributed by atoms with van der Waals surface area (Å²) in [6, 6.07) is 8.77. The van der Waals surface area contributed by atoms with Crippen molar-refractivity contribution < 1.29 is 19.1 Å². The van der Waals surface area contributed by atoms with Crippen molar-refractivity contribution in [2.45, 2.75) is 47.1 Å². The molecule has 1 aromatic carbocycles. The van der Waals surface area contributed by atoms with E-state index in [2.05, 4.69) is 16.8 Å². The van der Waals surface area contributed by atoms with Crippen molar-refractivity contribution in [3.8, 4) is 0 Å². The van der Waals surface area contributed by atoms with Crippen LogP contribution in [0.15, 0.2) is 30.3 Å². The summed E-state index contributed by atoms with van der Waals surface area (Å²) in [4.78, 5) is 35.4. The fraction of sp³-hybridized carbons (Fsp3) is 0.381. The maximum Gasteiger partial charge on any atom is 0.310 e. The number of hydrogen-bond donors (Lipinski definition) is 1. The largest absolute Gasteiger partial charge is 0.457 e. The Kier molecular flexibility index (Phi) is 6.93. The summed E-state index contributed by atoms with van der Waals surface area (Å²) in [6.45, 7) is 8.00. The van der Waals surface area contributed by atoms with Gasteiger partial charge in [0.1, 0.15) is 0 Å². The number of nitrogens with one attached hydrogen (secondary N) is 1. The number of nitrogens with zero attached hydrogens (tertiary/aromatic N) is 1. The number of ether oxygens (including phenoxy) is 1. The molecular weight excluding hydrogens is 344 g/mol. The van der Waals surface area contributed by atoms with Gasteiger partial charge >= 0.3 is 5.97 Å². The summed E-state index contributed by atoms with van der Waals surface area (Å²) < 4.78 is 7.26. The Balaban J connectivity index is 1.91. The third-order valence-corrected chi connectivity index (χ3v) is 4.31. The highest BCUT2D eigenvalue weighted by molar-refractivity contribution is 5.99. The molecule has 2 rings (SSSR count). The van der Waals surface area contributed by atoms with E-state index in [0.717, 1.165) is 29.9 Å². The lowest BCUT2D eigenvalue weighted by molar-refractivity contribution is -0.141. The fourth-order valence-corrected chi connectivity index (χ4v) is 3.00. The van der Waals surface area contributed by atoms with Gasteiger partial charge in [0.15, 0.2) is 6.61 Å². The average molecular weight is 370 g/mol. The van der Waals surface area contributed by atoms with E-state index in [1.165, 1.54) is 6.92 Å². The second-order valence-corrected chi connectivity index (χ2v) is 6.58. The zero-order chi connectivity index (χ0) is 20.0. The third kappa shape index (κ3) is 5.54. The zero-order valence-electron chi connectivity index (χ0n) is 16.3. The number of ketones is 1. The van der Waals surface area contributed by atoms with Crippen LogP contribution in [0, 0.1) is 13.8 Å². The highest BCUT2D eigenvalue weighted by atomic mass is 16.5. The number of amides is 1. The monoisotopic (exact) mass is 370 g/mol. The minimum Gasteiger partial charge on any atom is -0.457 e. The minimum atomic E-state index is -0.460. The standard InChI is InChI=1S/C21H26N2O4/c1-5-10-23-14(2)11-19(15(23)3)20(25)13-27-21(26)12-17-6-8-18(9-7-17)22-16(4)24/h6-9,11H,5,10,12-13H2,1-4H3,(H,22,24). The number of benzene rings is 1. The molecule has 1 aromatic heterocycles. The number of anilines is 1. The predicted octanol–water partition coefficient (Wildman–Crippen LogP) is 3.44. The lowest BCUT2D eigenvalue weighted by Crippen LogP contribution is -2.16. The van der Waals surface area contributed by atoms with Gasteiger partial charge in [0.2, 0.25) is 11.7 Å². The molecule has 0 fully saturated rings. The topological polar surface area (TPSA) is 77.4 Å². The van der Waals surface area contributed by atoms with Gasteiger partial charge in [-0.2, -0.15) is 0 Å². The summed E-state index contributed by atoms with van der Waals surface area (Å²) >= 11 is 0. The van der Waals surface area contributed by atoms with E-state index >= 15 is 0 Å². The van der Waals surface area contributed by atoms with Crippen LogP contribution in [0.25, 0.3) is 0 Å². The molecule has 2 aromatic rings. The molecule has 0 radical (unpaired) electrons. The van der Waals surface area contributed by atoms with Gasteiger partial charge in [0, 0.05) is 36.1 Å². The molecule has 0 saturated heterocycles. The Morgan fingerprint density at radius 2 is 1.78 bits per heavy atom. The van der Waals surface area contributed by atoms with Crippen LogP contribution in [0.4, 0.5) is 5.69 Å². The molecule has 1 amide bonds. The summed E-state index contributed by atoms with van der Waals surface area (Å²) in [5.74, 6) is -0.809. The smallest absolute Gasteiger partial charge is 0.310 e. The molecule has 0 aliphatic carbocycles. The third-order valence-electron chi connectivity index (χ3n) is 4.31. The first kappa shape index (κ1) is 20.4. The number of carbonyl (C=O) groups excluding carboxylic acids is 3. The van der Waals surface area contributed by atoms with Gasteiger partial charge in [0.05, 0.1) is 6.42 Å². The van der Waals surface area contributed by atoms with Crippen LogP contribution in [0.3, 0.4) is 0 Å². The molecule has 6 heteroatoms. The van der Waals surface area contributed by atoms with E-state index in [1.54, 1.807) is 24.3 Å². The van der Waals surface area contributed by atoms with Crippen molar-refractivity contribution >= 4 is 23.3 Å². The Hall–Kier alpha value is -2.89. The van der Waals surface area contributed by atoms with E-state index in [9.17, 15) is 14.4 Å². The molecule has 0 aliphatic heterocycles. The van der Waals surface area contributed by atoms with Crippen LogP contribution in [0.5, 0.6) is 0 Å². The van der Waals surface area contributed by atoms with Crippen molar-refractivity contribution in [1.29, 1.82) is 0 Å². The van der Waals surface area contributed by atoms with E-state index < -0.39 is 5.97 Å². The maximum atomic E-state index is 12.4. The Morgan fingerprint density at radius 1 is 1.11 bits per heavy atom. The Bertz CT molecular complexity index is 835. The van der Waals surface area contributed by atoms with E-state index in [4.69, 9.17) is 4.74 Å². The quantitative estimate of drug-likeness (QED) is 0.570. The van der Waals surface area contributed by atoms with Gasteiger partial charge in [-0.1, -0.05) is 19.1 Å². The summed E-state index contributed by atoms with van der Waals surface area (Å²) in [5.41, 5.74) is 3.96. The molecule has 144 valence electrons. The van der Waals surface area contributed by atoms with Crippen molar-refractivity contribution in [2.24, 2.45) is 0 Å². The van der Waals surface area contributed by atoms with Gasteiger partial charge in [-0.3, -0.25) is 14.4 Å². The highest BCUT2D eigenvalue weighted by Gasteiger charge is 2.17. The van der Waals surface area contributed by atoms with Gasteiger partial charge in [-0.15, -0.1) is 0 Å². The molecule has 27 heavy (non-hydrogen) atoms. The first-order valence-corrected chi connectivity index (χ1v) is 9.04. The first-order chi connectivity index (χ1) is 12.8. The lowest BCUT2D eigenvalue weighted by Gasteiger charge is -2.08. The maximum absolute atomic E-state index is 12.4. The lowest BCUT2D eigenvalue weighted by atomic mass is 10.1. The SMILES string of the molecule is CCCn1c(C)cc(C(=O)COC(=O)Cc2ccc(NC(C)=O)cc2)c1C. The summed E-state index contributed by atoms with van der Waals surface area (Å²) in [6.07, 6.45) is 1.06. The molecule has 0 atom stereocenters. The molecule has 0 unspecified atom stereocenters. The molecule has 6 nitrogen and oxygen atoms in total. The van der Waals surface area contributed by atoms with Crippen LogP contribution < -0.4 is 5.32 Å². The second-order valence-electron chi connectivity index (χ2n) is 6.58. The van der Waals surface area contributed by atoms with Crippen molar-refractivity contribution in [3.63, 3.8) is 0 Å². The van der Waals surface area contributed by atoms with Crippen LogP contribution in [0.1, 0.15) is 47.6 Å². The second kappa shape index (κ2) is 9.16. The molecule has 1 N–H and O–H groups in total. The van der Waals surface area contributed by atoms with Crippen LogP contribution in [-0.4, -0.2) is 28.8 Å². The number of aryl methyl sites for hydroxylation is 1. The molecule has 0 saturated carbocycles. The van der Waals surface area contributed by atoms with Crippen LogP contribution in [-0.2, 0) is 27.3 Å². The van der Waals surface area contributed by atoms with Gasteiger partial charge in [-0.25, -0.2) is 0 Å². The van der Waals surface area contributed by atoms with Crippen molar-refractivity contribution in [1.82, 2.24) is 4.57 Å². The molecule has 0 spiro atoms. The molecule has 1 heterocycles. The highest BCUT2D eigenvalue weighted by Crippen LogP contribution is 2.17. The Morgan fingerprint density at radius 3 is 2.37 bits per heavy atom. The van der Waals surface area contributed by atoms with E-state index in [1.807, 2.05) is 19.9 Å². The van der Waals surface area contributed by atoms with Crippen LogP contribution in [0.2, 0.25) is 0 Å². The summed E-state index contributed by atoms with van der Waals surface area (Å²) in [5, 5.41) is 2.66. The minimum absolute atomic E-state index is 0.0719. The number of aromatic nitrogens is 1. The number of esters is 1. The number of rotatable bonds is 8. The van der Waals surface area contributed by atoms with Crippen molar-refractivity contribution in [3.05, 3.63) is 52.8 Å². The normalized spacial score (nSPS) is 10.5. The molecular formula is C21H26N2O4. The number of Topliss-reactive ketones (excluding diaryl/α,β-unsaturated/α-hetero) is 1. The fourth-order valence-electron chi connectivity index (χ4n) is 3.00. The Labute approximate surface area is 159 Å². The van der Waals surface area contributed by atoms with Gasteiger partial charge in [-0.05, 0) is 44.0 Å². The predicted molar refractivity (Wildman–Crippen MR) is 104 cm³/mol. The van der Waals surface area contributed by atoms with Gasteiger partial charge < -0.3 is 14.6 Å². The van der Waals surface area contributed by atoms with E-state index in [-0.39, 0.29) is 24.7 Å². The van der Waals surface area contributed by atoms with Crippen molar-refractivity contribution in [2.75, 3.05) is 11.9 Å². The first-order valence-electron chi connectivity index (χ1n) is 9.04. The van der Waals surface area contributed by atoms with Crippen LogP contribution >= 0.6 is 0 Å². The number of hydrogen-bond acceptors (Lipinski definition) is 4.